The molecule has 0 nitrogen and oxygen atoms in total. The van der Waals surface area contributed by atoms with Crippen LogP contribution in [0.15, 0.2) is 18.2 Å². The molecule has 4 fully saturated rings. The molecule has 21 heavy (non-hydrogen) atoms. The molecule has 5 aliphatic carbocycles. The Kier molecular flexibility index (Phi) is 2.94. The van der Waals surface area contributed by atoms with Crippen LogP contribution in [0, 0.1) is 29.6 Å². The molecule has 1 aromatic rings. The van der Waals surface area contributed by atoms with E-state index < -0.39 is 0 Å². The molecule has 5 aliphatic rings. The summed E-state index contributed by atoms with van der Waals surface area (Å²) in [6, 6.07) is 7.15. The Morgan fingerprint density at radius 2 is 1.52 bits per heavy atom. The summed E-state index contributed by atoms with van der Waals surface area (Å²) in [7, 11) is 0. The lowest BCUT2D eigenvalue weighted by atomic mass is 9.51. The van der Waals surface area contributed by atoms with Crippen LogP contribution in [0.4, 0.5) is 0 Å². The Morgan fingerprint density at radius 1 is 0.857 bits per heavy atom. The molecule has 1 heteroatoms. The highest BCUT2D eigenvalue weighted by Crippen LogP contribution is 2.60. The highest BCUT2D eigenvalue weighted by atomic mass is 35.5. The summed E-state index contributed by atoms with van der Waals surface area (Å²) >= 11 is 7.05. The van der Waals surface area contributed by atoms with Crippen LogP contribution >= 0.6 is 11.6 Å². The summed E-state index contributed by atoms with van der Waals surface area (Å²) in [6.07, 6.45) is 11.3. The molecule has 1 unspecified atom stereocenters. The largest absolute Gasteiger partial charge is 0.117 e. The van der Waals surface area contributed by atoms with Gasteiger partial charge in [0, 0.05) is 0 Å². The smallest absolute Gasteiger partial charge is 0.0618 e. The summed E-state index contributed by atoms with van der Waals surface area (Å²) in [5.41, 5.74) is 4.59. The van der Waals surface area contributed by atoms with Gasteiger partial charge in [0.05, 0.1) is 5.38 Å². The van der Waals surface area contributed by atoms with Crippen LogP contribution in [0.5, 0.6) is 0 Å². The Balaban J connectivity index is 1.44. The molecule has 0 saturated heterocycles. The van der Waals surface area contributed by atoms with Crippen molar-refractivity contribution in [1.82, 2.24) is 0 Å². The van der Waals surface area contributed by atoms with Crippen molar-refractivity contribution in [2.24, 2.45) is 29.6 Å². The van der Waals surface area contributed by atoms with E-state index in [1.54, 1.807) is 11.1 Å². The highest BCUT2D eigenvalue weighted by Gasteiger charge is 2.50. The molecule has 0 heterocycles. The average Bonchev–Trinajstić information content (AvgIpc) is 2.93. The number of fused-ring (bicyclic) bond motifs is 1. The lowest BCUT2D eigenvalue weighted by molar-refractivity contribution is -0.0381. The molecular weight excluding hydrogens is 276 g/mol. The SMILES string of the molecule is ClC(c1ccc2c(c1)CCC2)C1C2CC3CC(C2)CC1C3. The van der Waals surface area contributed by atoms with Crippen molar-refractivity contribution in [3.8, 4) is 0 Å². The van der Waals surface area contributed by atoms with Gasteiger partial charge in [-0.15, -0.1) is 11.6 Å². The molecule has 0 aliphatic heterocycles. The first kappa shape index (κ1) is 13.0. The van der Waals surface area contributed by atoms with Crippen LogP contribution in [-0.4, -0.2) is 0 Å². The maximum Gasteiger partial charge on any atom is 0.0618 e. The third-order valence-electron chi connectivity index (χ3n) is 7.08. The normalized spacial score (nSPS) is 41.3. The van der Waals surface area contributed by atoms with E-state index in [0.717, 1.165) is 29.6 Å². The second kappa shape index (κ2) is 4.75. The quantitative estimate of drug-likeness (QED) is 0.630. The van der Waals surface area contributed by atoms with Gasteiger partial charge >= 0.3 is 0 Å². The summed E-state index contributed by atoms with van der Waals surface area (Å²) < 4.78 is 0. The molecule has 4 bridgehead atoms. The Bertz CT molecular complexity index is 533. The van der Waals surface area contributed by atoms with Crippen LogP contribution < -0.4 is 0 Å². The van der Waals surface area contributed by atoms with Crippen LogP contribution in [0.1, 0.15) is 60.6 Å². The first-order valence-corrected chi connectivity index (χ1v) is 9.47. The lowest BCUT2D eigenvalue weighted by Crippen LogP contribution is -2.46. The number of hydrogen-bond donors (Lipinski definition) is 0. The molecule has 112 valence electrons. The van der Waals surface area contributed by atoms with E-state index in [9.17, 15) is 0 Å². The van der Waals surface area contributed by atoms with Crippen LogP contribution in [0.3, 0.4) is 0 Å². The molecule has 1 aromatic carbocycles. The average molecular weight is 301 g/mol. The van der Waals surface area contributed by atoms with E-state index in [1.807, 2.05) is 0 Å². The van der Waals surface area contributed by atoms with Gasteiger partial charge in [-0.2, -0.15) is 0 Å². The van der Waals surface area contributed by atoms with Crippen LogP contribution in [0.2, 0.25) is 0 Å². The minimum absolute atomic E-state index is 0.269. The van der Waals surface area contributed by atoms with Gasteiger partial charge in [0.2, 0.25) is 0 Å². The van der Waals surface area contributed by atoms with Crippen molar-refractivity contribution in [1.29, 1.82) is 0 Å². The first-order chi connectivity index (χ1) is 10.3. The zero-order chi connectivity index (χ0) is 14.0. The summed E-state index contributed by atoms with van der Waals surface area (Å²) in [5, 5.41) is 0.269. The molecular formula is C20H25Cl. The summed E-state index contributed by atoms with van der Waals surface area (Å²) in [6.45, 7) is 0. The third-order valence-corrected chi connectivity index (χ3v) is 7.62. The Morgan fingerprint density at radius 3 is 2.24 bits per heavy atom. The van der Waals surface area contributed by atoms with Crippen LogP contribution in [-0.2, 0) is 12.8 Å². The molecule has 1 atom stereocenters. The fourth-order valence-corrected chi connectivity index (χ4v) is 6.98. The van der Waals surface area contributed by atoms with Crippen molar-refractivity contribution in [3.05, 3.63) is 34.9 Å². The first-order valence-electron chi connectivity index (χ1n) is 9.03. The van der Waals surface area contributed by atoms with Gasteiger partial charge in [0.25, 0.3) is 0 Å². The van der Waals surface area contributed by atoms with E-state index in [0.29, 0.717) is 0 Å². The Hall–Kier alpha value is -0.490. The van der Waals surface area contributed by atoms with Crippen molar-refractivity contribution < 1.29 is 0 Å². The van der Waals surface area contributed by atoms with E-state index in [1.165, 1.54) is 56.9 Å². The van der Waals surface area contributed by atoms with Crippen molar-refractivity contribution in [2.45, 2.75) is 56.7 Å². The number of alkyl halides is 1. The van der Waals surface area contributed by atoms with Gasteiger partial charge in [-0.3, -0.25) is 0 Å². The maximum absolute atomic E-state index is 7.05. The van der Waals surface area contributed by atoms with Crippen molar-refractivity contribution in [2.75, 3.05) is 0 Å². The van der Waals surface area contributed by atoms with Crippen LogP contribution in [0.25, 0.3) is 0 Å². The molecule has 6 rings (SSSR count). The van der Waals surface area contributed by atoms with Gasteiger partial charge in [-0.25, -0.2) is 0 Å². The van der Waals surface area contributed by atoms with Crippen molar-refractivity contribution >= 4 is 11.6 Å². The van der Waals surface area contributed by atoms with Gasteiger partial charge in [-0.05, 0) is 97.6 Å². The van der Waals surface area contributed by atoms with E-state index in [2.05, 4.69) is 18.2 Å². The van der Waals surface area contributed by atoms with Gasteiger partial charge < -0.3 is 0 Å². The minimum atomic E-state index is 0.269. The number of benzene rings is 1. The molecule has 0 aromatic heterocycles. The predicted octanol–water partition coefficient (Wildman–Crippen LogP) is 5.53. The summed E-state index contributed by atoms with van der Waals surface area (Å²) in [4.78, 5) is 0. The minimum Gasteiger partial charge on any atom is -0.117 e. The highest BCUT2D eigenvalue weighted by molar-refractivity contribution is 6.21. The zero-order valence-electron chi connectivity index (χ0n) is 12.7. The standard InChI is InChI=1S/C20H25Cl/c21-20(16-5-4-14-2-1-3-15(14)11-16)19-17-7-12-6-13(9-17)10-18(19)8-12/h4-5,11-13,17-20H,1-3,6-10H2. The van der Waals surface area contributed by atoms with Gasteiger partial charge in [0.15, 0.2) is 0 Å². The number of halogens is 1. The number of rotatable bonds is 2. The Labute approximate surface area is 133 Å². The monoisotopic (exact) mass is 300 g/mol. The lowest BCUT2D eigenvalue weighted by Gasteiger charge is -2.55. The molecule has 0 spiro atoms. The second-order valence-electron chi connectivity index (χ2n) is 8.29. The molecule has 0 amide bonds. The zero-order valence-corrected chi connectivity index (χ0v) is 13.5. The third kappa shape index (κ3) is 2.01. The molecule has 0 radical (unpaired) electrons. The topological polar surface area (TPSA) is 0 Å². The second-order valence-corrected chi connectivity index (χ2v) is 8.76. The molecule has 0 N–H and O–H groups in total. The van der Waals surface area contributed by atoms with E-state index in [-0.39, 0.29) is 5.38 Å². The fraction of sp³-hybridized carbons (Fsp3) is 0.700. The fourth-order valence-electron chi connectivity index (χ4n) is 6.43. The van der Waals surface area contributed by atoms with E-state index in [4.69, 9.17) is 11.6 Å². The molecule has 4 saturated carbocycles. The summed E-state index contributed by atoms with van der Waals surface area (Å²) in [5.74, 6) is 4.72. The maximum atomic E-state index is 7.05. The number of hydrogen-bond acceptors (Lipinski definition) is 0. The van der Waals surface area contributed by atoms with E-state index >= 15 is 0 Å². The predicted molar refractivity (Wildman–Crippen MR) is 87.6 cm³/mol. The van der Waals surface area contributed by atoms with Gasteiger partial charge in [0.1, 0.15) is 0 Å². The van der Waals surface area contributed by atoms with Gasteiger partial charge in [-0.1, -0.05) is 18.2 Å². The van der Waals surface area contributed by atoms with Crippen molar-refractivity contribution in [3.63, 3.8) is 0 Å². The number of aryl methyl sites for hydroxylation is 2.